The highest BCUT2D eigenvalue weighted by atomic mass is 16.6. The Labute approximate surface area is 143 Å². The molecule has 0 spiro atoms. The maximum Gasteiger partial charge on any atom is 0.295 e. The van der Waals surface area contributed by atoms with Gasteiger partial charge in [-0.25, -0.2) is 0 Å². The second-order valence-electron chi connectivity index (χ2n) is 5.45. The number of hydrogen-bond donors (Lipinski definition) is 0. The molecule has 0 fully saturated rings. The number of rotatable bonds is 4. The first kappa shape index (κ1) is 16.6. The number of benzene rings is 2. The first-order valence-corrected chi connectivity index (χ1v) is 7.48. The lowest BCUT2D eigenvalue weighted by Gasteiger charge is -2.20. The van der Waals surface area contributed by atoms with Crippen molar-refractivity contribution in [2.75, 3.05) is 25.3 Å². The van der Waals surface area contributed by atoms with Crippen LogP contribution >= 0.6 is 0 Å². The highest BCUT2D eigenvalue weighted by Crippen LogP contribution is 2.30. The van der Waals surface area contributed by atoms with Crippen LogP contribution < -0.4 is 4.90 Å². The molecular formula is C17H15N3O5. The monoisotopic (exact) mass is 341 g/mol. The standard InChI is InChI=1S/C17H15N3O5/c1-25-11-18-15-8-7-13(20(23)24)9-14(15)17(19(22)10-16(18)21)12-5-3-2-4-6-12/h2-9H,10-11H2,1H3. The second kappa shape index (κ2) is 6.70. The van der Waals surface area contributed by atoms with Crippen LogP contribution in [-0.2, 0) is 9.53 Å². The van der Waals surface area contributed by atoms with Gasteiger partial charge in [-0.15, -0.1) is 0 Å². The van der Waals surface area contributed by atoms with Crippen LogP contribution in [0.15, 0.2) is 48.5 Å². The fourth-order valence-corrected chi connectivity index (χ4v) is 2.78. The fourth-order valence-electron chi connectivity index (χ4n) is 2.78. The molecule has 0 unspecified atom stereocenters. The SMILES string of the molecule is COCN1C(=O)C[N+]([O-])=C(c2ccccc2)c2cc([N+](=O)[O-])ccc21. The lowest BCUT2D eigenvalue weighted by molar-refractivity contribution is -0.443. The van der Waals surface area contributed by atoms with Gasteiger partial charge in [0.1, 0.15) is 6.73 Å². The predicted molar refractivity (Wildman–Crippen MR) is 90.6 cm³/mol. The second-order valence-corrected chi connectivity index (χ2v) is 5.45. The van der Waals surface area contributed by atoms with E-state index in [2.05, 4.69) is 0 Å². The van der Waals surface area contributed by atoms with E-state index >= 15 is 0 Å². The Hall–Kier alpha value is -3.26. The summed E-state index contributed by atoms with van der Waals surface area (Å²) in [4.78, 5) is 24.4. The normalized spacial score (nSPS) is 14.3. The molecular weight excluding hydrogens is 326 g/mol. The topological polar surface area (TPSA) is 98.8 Å². The number of carbonyl (C=O) groups is 1. The fraction of sp³-hybridized carbons (Fsp3) is 0.176. The molecule has 25 heavy (non-hydrogen) atoms. The van der Waals surface area contributed by atoms with Gasteiger partial charge in [-0.2, -0.15) is 4.74 Å². The molecule has 0 saturated heterocycles. The van der Waals surface area contributed by atoms with Crippen molar-refractivity contribution in [1.29, 1.82) is 0 Å². The summed E-state index contributed by atoms with van der Waals surface area (Å²) in [6.07, 6.45) is 0. The molecule has 0 radical (unpaired) electrons. The number of anilines is 1. The summed E-state index contributed by atoms with van der Waals surface area (Å²) in [5.74, 6) is -0.446. The number of non-ortho nitro benzene ring substituents is 1. The van der Waals surface area contributed by atoms with Crippen molar-refractivity contribution < 1.29 is 19.2 Å². The number of hydrogen-bond acceptors (Lipinski definition) is 5. The molecule has 2 aromatic carbocycles. The molecule has 0 bridgehead atoms. The van der Waals surface area contributed by atoms with Crippen LogP contribution in [0.3, 0.4) is 0 Å². The van der Waals surface area contributed by atoms with Gasteiger partial charge in [-0.1, -0.05) is 18.2 Å². The predicted octanol–water partition coefficient (Wildman–Crippen LogP) is 1.89. The van der Waals surface area contributed by atoms with Crippen LogP contribution in [0.25, 0.3) is 0 Å². The van der Waals surface area contributed by atoms with E-state index in [1.54, 1.807) is 30.3 Å². The Morgan fingerprint density at radius 3 is 2.60 bits per heavy atom. The van der Waals surface area contributed by atoms with Crippen molar-refractivity contribution in [1.82, 2.24) is 0 Å². The summed E-state index contributed by atoms with van der Waals surface area (Å²) in [7, 11) is 1.43. The number of nitrogens with zero attached hydrogens (tertiary/aromatic N) is 3. The number of carbonyl (C=O) groups excluding carboxylic acids is 1. The number of fused-ring (bicyclic) bond motifs is 1. The van der Waals surface area contributed by atoms with Crippen LogP contribution in [0.1, 0.15) is 11.1 Å². The van der Waals surface area contributed by atoms with Crippen molar-refractivity contribution in [3.05, 3.63) is 75.0 Å². The number of hydroxylamine groups is 1. The molecule has 8 heteroatoms. The van der Waals surface area contributed by atoms with Gasteiger partial charge < -0.3 is 9.94 Å². The van der Waals surface area contributed by atoms with Gasteiger partial charge in [-0.3, -0.25) is 19.8 Å². The van der Waals surface area contributed by atoms with E-state index in [0.717, 1.165) is 0 Å². The smallest absolute Gasteiger partial charge is 0.295 e. The van der Waals surface area contributed by atoms with Gasteiger partial charge in [0.15, 0.2) is 0 Å². The summed E-state index contributed by atoms with van der Waals surface area (Å²) in [5.41, 5.74) is 1.35. The summed E-state index contributed by atoms with van der Waals surface area (Å²) in [6.45, 7) is -0.463. The zero-order chi connectivity index (χ0) is 18.0. The number of methoxy groups -OCH3 is 1. The van der Waals surface area contributed by atoms with Gasteiger partial charge >= 0.3 is 0 Å². The third-order valence-corrected chi connectivity index (χ3v) is 3.87. The Balaban J connectivity index is 2.29. The summed E-state index contributed by atoms with van der Waals surface area (Å²) in [5, 5.41) is 23.8. The molecule has 1 aliphatic heterocycles. The Morgan fingerprint density at radius 2 is 1.96 bits per heavy atom. The maximum absolute atomic E-state index is 12.6. The number of amides is 1. The Morgan fingerprint density at radius 1 is 1.24 bits per heavy atom. The van der Waals surface area contributed by atoms with Crippen LogP contribution in [0.4, 0.5) is 11.4 Å². The molecule has 0 aromatic heterocycles. The van der Waals surface area contributed by atoms with Gasteiger partial charge in [0.25, 0.3) is 11.6 Å². The van der Waals surface area contributed by atoms with E-state index in [1.165, 1.54) is 30.2 Å². The minimum absolute atomic E-state index is 0.0560. The van der Waals surface area contributed by atoms with E-state index in [-0.39, 0.29) is 18.1 Å². The number of nitro benzene ring substituents is 1. The van der Waals surface area contributed by atoms with Crippen molar-refractivity contribution in [3.63, 3.8) is 0 Å². The lowest BCUT2D eigenvalue weighted by Crippen LogP contribution is -2.36. The van der Waals surface area contributed by atoms with E-state index < -0.39 is 17.4 Å². The van der Waals surface area contributed by atoms with Gasteiger partial charge in [0.2, 0.25) is 12.3 Å². The molecule has 3 rings (SSSR count). The largest absolute Gasteiger partial charge is 0.623 e. The van der Waals surface area contributed by atoms with E-state index in [1.807, 2.05) is 0 Å². The van der Waals surface area contributed by atoms with Gasteiger partial charge in [-0.05, 0) is 18.2 Å². The van der Waals surface area contributed by atoms with Crippen molar-refractivity contribution in [3.8, 4) is 0 Å². The molecule has 0 aliphatic carbocycles. The maximum atomic E-state index is 12.6. The first-order valence-electron chi connectivity index (χ1n) is 7.48. The molecule has 0 saturated carbocycles. The van der Waals surface area contributed by atoms with Crippen LogP contribution in [0.5, 0.6) is 0 Å². The summed E-state index contributed by atoms with van der Waals surface area (Å²) >= 11 is 0. The van der Waals surface area contributed by atoms with Gasteiger partial charge in [0, 0.05) is 24.8 Å². The van der Waals surface area contributed by atoms with Crippen LogP contribution in [0, 0.1) is 15.3 Å². The minimum atomic E-state index is -0.536. The lowest BCUT2D eigenvalue weighted by atomic mass is 9.99. The highest BCUT2D eigenvalue weighted by Gasteiger charge is 2.32. The van der Waals surface area contributed by atoms with Crippen molar-refractivity contribution >= 4 is 23.0 Å². The zero-order valence-corrected chi connectivity index (χ0v) is 13.4. The Bertz CT molecular complexity index is 864. The highest BCUT2D eigenvalue weighted by molar-refractivity contribution is 6.16. The van der Waals surface area contributed by atoms with Crippen molar-refractivity contribution in [2.24, 2.45) is 0 Å². The van der Waals surface area contributed by atoms with Crippen LogP contribution in [-0.4, -0.2) is 41.7 Å². The zero-order valence-electron chi connectivity index (χ0n) is 13.4. The molecule has 1 aliphatic rings. The number of ether oxygens (including phenoxy) is 1. The molecule has 1 heterocycles. The summed E-state index contributed by atoms with van der Waals surface area (Å²) in [6, 6.07) is 12.8. The minimum Gasteiger partial charge on any atom is -0.623 e. The summed E-state index contributed by atoms with van der Waals surface area (Å²) < 4.78 is 5.62. The molecule has 128 valence electrons. The van der Waals surface area contributed by atoms with E-state index in [4.69, 9.17) is 4.74 Å². The Kier molecular flexibility index (Phi) is 4.44. The quantitative estimate of drug-likeness (QED) is 0.366. The molecule has 2 aromatic rings. The number of benzodiazepines with no additional fused rings is 1. The van der Waals surface area contributed by atoms with Crippen LogP contribution in [0.2, 0.25) is 0 Å². The molecule has 8 nitrogen and oxygen atoms in total. The van der Waals surface area contributed by atoms with Crippen molar-refractivity contribution in [2.45, 2.75) is 0 Å². The average molecular weight is 341 g/mol. The third kappa shape index (κ3) is 3.07. The molecule has 0 N–H and O–H groups in total. The third-order valence-electron chi connectivity index (χ3n) is 3.87. The first-order chi connectivity index (χ1) is 12.0. The number of nitro groups is 1. The molecule has 1 amide bonds. The average Bonchev–Trinajstić information content (AvgIpc) is 2.70. The van der Waals surface area contributed by atoms with E-state index in [0.29, 0.717) is 21.6 Å². The van der Waals surface area contributed by atoms with Gasteiger partial charge in [0.05, 0.1) is 16.2 Å². The van der Waals surface area contributed by atoms with E-state index in [9.17, 15) is 20.1 Å². The molecule has 0 atom stereocenters.